The second kappa shape index (κ2) is 4.36. The zero-order valence-corrected chi connectivity index (χ0v) is 8.78. The fourth-order valence-electron chi connectivity index (χ4n) is 1.51. The van der Waals surface area contributed by atoms with Crippen LogP contribution >= 0.6 is 0 Å². The van der Waals surface area contributed by atoms with Crippen molar-refractivity contribution in [2.75, 3.05) is 0 Å². The van der Waals surface area contributed by atoms with Crippen LogP contribution in [0.2, 0.25) is 0 Å². The molecule has 0 aliphatic heterocycles. The number of hydrogen-bond acceptors (Lipinski definition) is 3. The van der Waals surface area contributed by atoms with Crippen LogP contribution in [0.4, 0.5) is 8.78 Å². The van der Waals surface area contributed by atoms with Gasteiger partial charge >= 0.3 is 5.97 Å². The van der Waals surface area contributed by atoms with Crippen molar-refractivity contribution in [3.05, 3.63) is 51.9 Å². The Morgan fingerprint density at radius 1 is 1.28 bits per heavy atom. The van der Waals surface area contributed by atoms with Crippen molar-refractivity contribution in [3.63, 3.8) is 0 Å². The minimum Gasteiger partial charge on any atom is -0.476 e. The van der Waals surface area contributed by atoms with Crippen molar-refractivity contribution in [1.29, 1.82) is 0 Å². The normalized spacial score (nSPS) is 10.3. The number of halogens is 2. The van der Waals surface area contributed by atoms with Crippen molar-refractivity contribution in [2.45, 2.75) is 0 Å². The number of hydrogen-bond donors (Lipinski definition) is 2. The van der Waals surface area contributed by atoms with Gasteiger partial charge in [0.2, 0.25) is 0 Å². The van der Waals surface area contributed by atoms with Crippen molar-refractivity contribution < 1.29 is 18.7 Å². The third kappa shape index (κ3) is 1.97. The fraction of sp³-hybridized carbons (Fsp3) is 0. The van der Waals surface area contributed by atoms with Gasteiger partial charge in [-0.2, -0.15) is 5.10 Å². The van der Waals surface area contributed by atoms with Gasteiger partial charge in [-0.05, 0) is 12.1 Å². The number of carbonyl (C=O) groups is 1. The van der Waals surface area contributed by atoms with Crippen LogP contribution in [0.15, 0.2) is 29.1 Å². The molecule has 2 aromatic rings. The van der Waals surface area contributed by atoms with Crippen molar-refractivity contribution >= 4 is 5.97 Å². The lowest BCUT2D eigenvalue weighted by atomic mass is 10.0. The maximum absolute atomic E-state index is 13.5. The molecular formula is C11H6F2N2O3. The molecule has 1 aromatic heterocycles. The fourth-order valence-corrected chi connectivity index (χ4v) is 1.51. The van der Waals surface area contributed by atoms with Crippen molar-refractivity contribution in [2.24, 2.45) is 0 Å². The van der Waals surface area contributed by atoms with Gasteiger partial charge < -0.3 is 5.11 Å². The zero-order chi connectivity index (χ0) is 13.3. The van der Waals surface area contributed by atoms with Crippen molar-refractivity contribution in [3.8, 4) is 11.1 Å². The van der Waals surface area contributed by atoms with E-state index in [0.29, 0.717) is 0 Å². The summed E-state index contributed by atoms with van der Waals surface area (Å²) in [7, 11) is 0. The van der Waals surface area contributed by atoms with E-state index in [1.165, 1.54) is 0 Å². The molecular weight excluding hydrogens is 246 g/mol. The number of nitrogens with one attached hydrogen (secondary N) is 1. The number of aromatic nitrogens is 2. The molecule has 0 spiro atoms. The molecule has 0 atom stereocenters. The van der Waals surface area contributed by atoms with E-state index in [0.717, 1.165) is 24.3 Å². The monoisotopic (exact) mass is 252 g/mol. The SMILES string of the molecule is O=C(O)c1n[nH]c(=O)cc1-c1c(F)cccc1F. The number of rotatable bonds is 2. The first-order chi connectivity index (χ1) is 8.50. The molecule has 5 nitrogen and oxygen atoms in total. The van der Waals surface area contributed by atoms with Gasteiger partial charge in [-0.1, -0.05) is 6.07 Å². The van der Waals surface area contributed by atoms with E-state index >= 15 is 0 Å². The van der Waals surface area contributed by atoms with Gasteiger partial charge in [-0.25, -0.2) is 18.7 Å². The molecule has 2 rings (SSSR count). The minimum absolute atomic E-state index is 0.401. The van der Waals surface area contributed by atoms with E-state index in [2.05, 4.69) is 5.10 Å². The topological polar surface area (TPSA) is 83.0 Å². The summed E-state index contributed by atoms with van der Waals surface area (Å²) < 4.78 is 27.1. The van der Waals surface area contributed by atoms with E-state index in [-0.39, 0.29) is 0 Å². The predicted molar refractivity (Wildman–Crippen MR) is 57.2 cm³/mol. The molecule has 0 unspecified atom stereocenters. The molecule has 1 heterocycles. The van der Waals surface area contributed by atoms with Gasteiger partial charge in [0.1, 0.15) is 11.6 Å². The first-order valence-electron chi connectivity index (χ1n) is 4.78. The Morgan fingerprint density at radius 2 is 1.89 bits per heavy atom. The highest BCUT2D eigenvalue weighted by atomic mass is 19.1. The first kappa shape index (κ1) is 11.9. The molecule has 0 bridgehead atoms. The van der Waals surface area contributed by atoms with Crippen LogP contribution in [0, 0.1) is 11.6 Å². The number of nitrogens with zero attached hydrogens (tertiary/aromatic N) is 1. The van der Waals surface area contributed by atoms with Crippen LogP contribution in [0.1, 0.15) is 10.5 Å². The average Bonchev–Trinajstić information content (AvgIpc) is 2.28. The number of aromatic carboxylic acids is 1. The standard InChI is InChI=1S/C11H6F2N2O3/c12-6-2-1-3-7(13)9(6)5-4-8(16)14-15-10(5)11(17)18/h1-4H,(H,14,16)(H,17,18). The van der Waals surface area contributed by atoms with Gasteiger partial charge in [-0.15, -0.1) is 0 Å². The van der Waals surface area contributed by atoms with Crippen LogP contribution < -0.4 is 5.56 Å². The maximum atomic E-state index is 13.5. The average molecular weight is 252 g/mol. The van der Waals surface area contributed by atoms with Crippen LogP contribution in [0.5, 0.6) is 0 Å². The summed E-state index contributed by atoms with van der Waals surface area (Å²) in [5.74, 6) is -3.43. The first-order valence-corrected chi connectivity index (χ1v) is 4.78. The Bertz CT molecular complexity index is 662. The number of carboxylic acids is 1. The maximum Gasteiger partial charge on any atom is 0.356 e. The summed E-state index contributed by atoms with van der Waals surface area (Å²) in [5.41, 5.74) is -2.37. The Labute approximate surface area is 98.7 Å². The highest BCUT2D eigenvalue weighted by molar-refractivity contribution is 5.93. The molecule has 1 aromatic carbocycles. The summed E-state index contributed by atoms with van der Waals surface area (Å²) in [6.45, 7) is 0. The molecule has 2 N–H and O–H groups in total. The largest absolute Gasteiger partial charge is 0.476 e. The van der Waals surface area contributed by atoms with E-state index < -0.39 is 40.0 Å². The number of benzene rings is 1. The summed E-state index contributed by atoms with van der Waals surface area (Å²) in [4.78, 5) is 22.0. The molecule has 0 saturated carbocycles. The van der Waals surface area contributed by atoms with Gasteiger partial charge in [-0.3, -0.25) is 4.79 Å². The van der Waals surface area contributed by atoms with E-state index in [1.807, 2.05) is 5.10 Å². The number of aromatic amines is 1. The Morgan fingerprint density at radius 3 is 2.44 bits per heavy atom. The van der Waals surface area contributed by atoms with Crippen LogP contribution in [0.25, 0.3) is 11.1 Å². The summed E-state index contributed by atoms with van der Waals surface area (Å²) in [6.07, 6.45) is 0. The minimum atomic E-state index is -1.50. The van der Waals surface area contributed by atoms with E-state index in [9.17, 15) is 18.4 Å². The van der Waals surface area contributed by atoms with E-state index in [4.69, 9.17) is 5.11 Å². The summed E-state index contributed by atoms with van der Waals surface area (Å²) in [6, 6.07) is 3.85. The molecule has 0 saturated heterocycles. The Hall–Kier alpha value is -2.57. The summed E-state index contributed by atoms with van der Waals surface area (Å²) >= 11 is 0. The molecule has 7 heteroatoms. The molecule has 18 heavy (non-hydrogen) atoms. The van der Waals surface area contributed by atoms with E-state index in [1.54, 1.807) is 0 Å². The second-order valence-electron chi connectivity index (χ2n) is 3.40. The highest BCUT2D eigenvalue weighted by Crippen LogP contribution is 2.26. The number of H-pyrrole nitrogens is 1. The zero-order valence-electron chi connectivity index (χ0n) is 8.78. The lowest BCUT2D eigenvalue weighted by Crippen LogP contribution is -2.14. The number of carboxylic acid groups (broad SMARTS) is 1. The Balaban J connectivity index is 2.82. The van der Waals surface area contributed by atoms with Crippen LogP contribution in [-0.2, 0) is 0 Å². The van der Waals surface area contributed by atoms with Crippen LogP contribution in [-0.4, -0.2) is 21.3 Å². The molecule has 0 amide bonds. The van der Waals surface area contributed by atoms with Gasteiger partial charge in [0.15, 0.2) is 5.69 Å². The smallest absolute Gasteiger partial charge is 0.356 e. The quantitative estimate of drug-likeness (QED) is 0.846. The van der Waals surface area contributed by atoms with Crippen LogP contribution in [0.3, 0.4) is 0 Å². The molecule has 0 aliphatic carbocycles. The lowest BCUT2D eigenvalue weighted by molar-refractivity contribution is 0.0690. The molecule has 92 valence electrons. The van der Waals surface area contributed by atoms with Gasteiger partial charge in [0.05, 0.1) is 5.56 Å². The van der Waals surface area contributed by atoms with Gasteiger partial charge in [0.25, 0.3) is 5.56 Å². The second-order valence-corrected chi connectivity index (χ2v) is 3.40. The highest BCUT2D eigenvalue weighted by Gasteiger charge is 2.20. The molecule has 0 aliphatic rings. The van der Waals surface area contributed by atoms with Crippen molar-refractivity contribution in [1.82, 2.24) is 10.2 Å². The molecule has 0 radical (unpaired) electrons. The predicted octanol–water partition coefficient (Wildman–Crippen LogP) is 1.41. The third-order valence-corrected chi connectivity index (χ3v) is 2.24. The lowest BCUT2D eigenvalue weighted by Gasteiger charge is -2.06. The Kier molecular flexibility index (Phi) is 2.88. The molecule has 0 fully saturated rings. The van der Waals surface area contributed by atoms with Gasteiger partial charge in [0, 0.05) is 11.6 Å². The third-order valence-electron chi connectivity index (χ3n) is 2.24. The summed E-state index contributed by atoms with van der Waals surface area (Å²) in [5, 5.41) is 14.0.